The monoisotopic (exact) mass is 189 g/mol. The van der Waals surface area contributed by atoms with Gasteiger partial charge in [0.1, 0.15) is 0 Å². The second-order valence-electron chi connectivity index (χ2n) is 2.91. The number of hydrogen-bond donors (Lipinski definition) is 1. The van der Waals surface area contributed by atoms with E-state index in [0.29, 0.717) is 0 Å². The molecule has 0 aliphatic carbocycles. The van der Waals surface area contributed by atoms with E-state index in [9.17, 15) is 4.79 Å². The minimum Gasteiger partial charge on any atom is -0.322 e. The minimum atomic E-state index is -0.0497. The average molecular weight is 189 g/mol. The van der Waals surface area contributed by atoms with Crippen molar-refractivity contribution in [2.75, 3.05) is 0 Å². The quantitative estimate of drug-likeness (QED) is 0.679. The van der Waals surface area contributed by atoms with Crippen LogP contribution in [0.3, 0.4) is 0 Å². The lowest BCUT2D eigenvalue weighted by Gasteiger charge is -1.97. The predicted molar refractivity (Wildman–Crippen MR) is 60.7 cm³/mol. The molecular weight excluding hydrogens is 174 g/mol. The third-order valence-electron chi connectivity index (χ3n) is 1.88. The maximum Gasteiger partial charge on any atom is 0.248 e. The maximum absolute atomic E-state index is 10.9. The number of fused-ring (bicyclic) bond motifs is 1. The van der Waals surface area contributed by atoms with E-state index in [1.54, 1.807) is 6.07 Å². The molecular formula is C12H15NO. The van der Waals surface area contributed by atoms with E-state index >= 15 is 0 Å². The number of aromatic nitrogens is 1. The molecule has 1 heterocycles. The molecule has 0 amide bonds. The van der Waals surface area contributed by atoms with Crippen molar-refractivity contribution in [3.8, 4) is 0 Å². The first-order valence-electron chi connectivity index (χ1n) is 4.85. The zero-order chi connectivity index (χ0) is 10.6. The van der Waals surface area contributed by atoms with E-state index in [4.69, 9.17) is 0 Å². The van der Waals surface area contributed by atoms with Crippen molar-refractivity contribution in [3.05, 3.63) is 46.2 Å². The Labute approximate surface area is 83.6 Å². The molecule has 1 N–H and O–H groups in total. The molecule has 2 rings (SSSR count). The standard InChI is InChI=1S/C10H9NO.C2H6/c1-7-2-4-9-8(6-7)3-5-10(12)11-9;1-2/h2-6H,1H3,(H,11,12);1-2H3. The van der Waals surface area contributed by atoms with E-state index in [0.717, 1.165) is 10.9 Å². The van der Waals surface area contributed by atoms with Crippen molar-refractivity contribution in [3.63, 3.8) is 0 Å². The zero-order valence-corrected chi connectivity index (χ0v) is 8.79. The molecule has 0 radical (unpaired) electrons. The van der Waals surface area contributed by atoms with Gasteiger partial charge < -0.3 is 4.98 Å². The zero-order valence-electron chi connectivity index (χ0n) is 8.79. The second kappa shape index (κ2) is 4.61. The Morgan fingerprint density at radius 3 is 2.50 bits per heavy atom. The highest BCUT2D eigenvalue weighted by molar-refractivity contribution is 5.78. The summed E-state index contributed by atoms with van der Waals surface area (Å²) in [6.07, 6.45) is 0. The highest BCUT2D eigenvalue weighted by Gasteiger charge is 1.92. The molecule has 1 aromatic carbocycles. The lowest BCUT2D eigenvalue weighted by atomic mass is 10.1. The number of H-pyrrole nitrogens is 1. The van der Waals surface area contributed by atoms with Gasteiger partial charge >= 0.3 is 0 Å². The summed E-state index contributed by atoms with van der Waals surface area (Å²) in [5, 5.41) is 1.08. The summed E-state index contributed by atoms with van der Waals surface area (Å²) >= 11 is 0. The number of aryl methyl sites for hydroxylation is 1. The Kier molecular flexibility index (Phi) is 3.46. The molecule has 0 saturated carbocycles. The van der Waals surface area contributed by atoms with Crippen LogP contribution in [-0.2, 0) is 0 Å². The second-order valence-corrected chi connectivity index (χ2v) is 2.91. The Morgan fingerprint density at radius 2 is 1.79 bits per heavy atom. The largest absolute Gasteiger partial charge is 0.322 e. The van der Waals surface area contributed by atoms with E-state index in [2.05, 4.69) is 4.98 Å². The predicted octanol–water partition coefficient (Wildman–Crippen LogP) is 2.86. The number of benzene rings is 1. The SMILES string of the molecule is CC.Cc1ccc2[nH]c(=O)ccc2c1. The van der Waals surface area contributed by atoms with Crippen molar-refractivity contribution in [2.45, 2.75) is 20.8 Å². The molecule has 14 heavy (non-hydrogen) atoms. The van der Waals surface area contributed by atoms with E-state index in [1.165, 1.54) is 5.56 Å². The Morgan fingerprint density at radius 1 is 1.07 bits per heavy atom. The van der Waals surface area contributed by atoms with Gasteiger partial charge in [0.2, 0.25) is 5.56 Å². The molecule has 0 fully saturated rings. The van der Waals surface area contributed by atoms with Crippen molar-refractivity contribution in [2.24, 2.45) is 0 Å². The summed E-state index contributed by atoms with van der Waals surface area (Å²) in [6, 6.07) is 9.33. The van der Waals surface area contributed by atoms with Crippen LogP contribution in [0.25, 0.3) is 10.9 Å². The summed E-state index contributed by atoms with van der Waals surface area (Å²) in [5.74, 6) is 0. The molecule has 0 bridgehead atoms. The van der Waals surface area contributed by atoms with Gasteiger partial charge in [-0.15, -0.1) is 0 Å². The maximum atomic E-state index is 10.9. The third-order valence-corrected chi connectivity index (χ3v) is 1.88. The van der Waals surface area contributed by atoms with Crippen LogP contribution in [-0.4, -0.2) is 4.98 Å². The summed E-state index contributed by atoms with van der Waals surface area (Å²) in [5.41, 5.74) is 2.05. The van der Waals surface area contributed by atoms with E-state index in [1.807, 2.05) is 45.0 Å². The number of hydrogen-bond acceptors (Lipinski definition) is 1. The summed E-state index contributed by atoms with van der Waals surface area (Å²) in [7, 11) is 0. The summed E-state index contributed by atoms with van der Waals surface area (Å²) < 4.78 is 0. The molecule has 1 aromatic heterocycles. The Hall–Kier alpha value is -1.57. The van der Waals surface area contributed by atoms with E-state index in [-0.39, 0.29) is 5.56 Å². The molecule has 0 aliphatic heterocycles. The molecule has 0 aliphatic rings. The topological polar surface area (TPSA) is 32.9 Å². The first-order chi connectivity index (χ1) is 6.75. The Bertz CT molecular complexity index is 471. The number of pyridine rings is 1. The molecule has 0 saturated heterocycles. The van der Waals surface area contributed by atoms with Gasteiger partial charge in [-0.05, 0) is 30.5 Å². The molecule has 0 spiro atoms. The number of nitrogens with one attached hydrogen (secondary N) is 1. The van der Waals surface area contributed by atoms with Gasteiger partial charge in [-0.2, -0.15) is 0 Å². The highest BCUT2D eigenvalue weighted by Crippen LogP contribution is 2.10. The van der Waals surface area contributed by atoms with Crippen LogP contribution >= 0.6 is 0 Å². The van der Waals surface area contributed by atoms with Crippen molar-refractivity contribution in [1.29, 1.82) is 0 Å². The van der Waals surface area contributed by atoms with Gasteiger partial charge in [-0.3, -0.25) is 4.79 Å². The fourth-order valence-electron chi connectivity index (χ4n) is 1.27. The lowest BCUT2D eigenvalue weighted by Crippen LogP contribution is -2.01. The van der Waals surface area contributed by atoms with Gasteiger partial charge in [0.05, 0.1) is 0 Å². The van der Waals surface area contributed by atoms with Crippen molar-refractivity contribution in [1.82, 2.24) is 4.98 Å². The van der Waals surface area contributed by atoms with Gasteiger partial charge in [-0.1, -0.05) is 25.5 Å². The van der Waals surface area contributed by atoms with Gasteiger partial charge in [0.25, 0.3) is 0 Å². The minimum absolute atomic E-state index is 0.0497. The van der Waals surface area contributed by atoms with Crippen molar-refractivity contribution < 1.29 is 0 Å². The van der Waals surface area contributed by atoms with Crippen LogP contribution in [0.2, 0.25) is 0 Å². The Balaban J connectivity index is 0.000000461. The highest BCUT2D eigenvalue weighted by atomic mass is 16.1. The number of aromatic amines is 1. The first kappa shape index (κ1) is 10.5. The van der Waals surface area contributed by atoms with Crippen LogP contribution in [0, 0.1) is 6.92 Å². The van der Waals surface area contributed by atoms with Gasteiger partial charge in [0.15, 0.2) is 0 Å². The summed E-state index contributed by atoms with van der Waals surface area (Å²) in [4.78, 5) is 13.7. The van der Waals surface area contributed by atoms with Crippen LogP contribution in [0.15, 0.2) is 35.1 Å². The van der Waals surface area contributed by atoms with Crippen molar-refractivity contribution >= 4 is 10.9 Å². The van der Waals surface area contributed by atoms with Crippen LogP contribution in [0.1, 0.15) is 19.4 Å². The first-order valence-corrected chi connectivity index (χ1v) is 4.85. The molecule has 0 unspecified atom stereocenters. The smallest absolute Gasteiger partial charge is 0.248 e. The average Bonchev–Trinajstić information content (AvgIpc) is 2.21. The van der Waals surface area contributed by atoms with Crippen LogP contribution < -0.4 is 5.56 Å². The molecule has 74 valence electrons. The molecule has 2 heteroatoms. The van der Waals surface area contributed by atoms with Gasteiger partial charge in [0, 0.05) is 11.6 Å². The fourth-order valence-corrected chi connectivity index (χ4v) is 1.27. The van der Waals surface area contributed by atoms with Crippen LogP contribution in [0.4, 0.5) is 0 Å². The lowest BCUT2D eigenvalue weighted by molar-refractivity contribution is 1.30. The third kappa shape index (κ3) is 2.22. The normalized spacial score (nSPS) is 9.36. The van der Waals surface area contributed by atoms with Crippen LogP contribution in [0.5, 0.6) is 0 Å². The summed E-state index contributed by atoms with van der Waals surface area (Å²) in [6.45, 7) is 6.03. The number of rotatable bonds is 0. The molecule has 2 aromatic rings. The fraction of sp³-hybridized carbons (Fsp3) is 0.250. The molecule has 0 atom stereocenters. The molecule has 2 nitrogen and oxygen atoms in total. The van der Waals surface area contributed by atoms with E-state index < -0.39 is 0 Å². The van der Waals surface area contributed by atoms with Gasteiger partial charge in [-0.25, -0.2) is 0 Å².